The van der Waals surface area contributed by atoms with Gasteiger partial charge >= 0.3 is 5.97 Å². The van der Waals surface area contributed by atoms with Gasteiger partial charge in [0.25, 0.3) is 0 Å². The third kappa shape index (κ3) is 2.28. The van der Waals surface area contributed by atoms with Crippen molar-refractivity contribution in [3.8, 4) is 0 Å². The fourth-order valence-electron chi connectivity index (χ4n) is 2.17. The van der Waals surface area contributed by atoms with E-state index >= 15 is 0 Å². The maximum atomic E-state index is 11.2. The van der Waals surface area contributed by atoms with Gasteiger partial charge in [-0.15, -0.1) is 0 Å². The number of fused-ring (bicyclic) bond motifs is 1. The molecule has 0 amide bonds. The molecule has 1 aromatic carbocycles. The summed E-state index contributed by atoms with van der Waals surface area (Å²) in [4.78, 5) is 11.2. The molecule has 1 aromatic rings. The van der Waals surface area contributed by atoms with E-state index in [0.29, 0.717) is 12.8 Å². The van der Waals surface area contributed by atoms with Crippen LogP contribution >= 0.6 is 15.9 Å². The lowest BCUT2D eigenvalue weighted by atomic mass is 9.96. The fourth-order valence-corrected chi connectivity index (χ4v) is 2.58. The monoisotopic (exact) mass is 284 g/mol. The highest BCUT2D eigenvalue weighted by Crippen LogP contribution is 2.34. The van der Waals surface area contributed by atoms with Gasteiger partial charge in [-0.25, -0.2) is 0 Å². The minimum absolute atomic E-state index is 0.0514. The second-order valence-corrected chi connectivity index (χ2v) is 5.16. The normalized spacial score (nSPS) is 22.9. The van der Waals surface area contributed by atoms with Crippen molar-refractivity contribution in [2.24, 2.45) is 0 Å². The van der Waals surface area contributed by atoms with Crippen molar-refractivity contribution >= 4 is 21.9 Å². The summed E-state index contributed by atoms with van der Waals surface area (Å²) in [6.45, 7) is 0. The summed E-state index contributed by atoms with van der Waals surface area (Å²) < 4.78 is 5.59. The second-order valence-electron chi connectivity index (χ2n) is 4.24. The van der Waals surface area contributed by atoms with E-state index in [-0.39, 0.29) is 12.4 Å². The summed E-state index contributed by atoms with van der Waals surface area (Å²) >= 11 is 3.39. The van der Waals surface area contributed by atoms with E-state index in [1.54, 1.807) is 0 Å². The van der Waals surface area contributed by atoms with Crippen molar-refractivity contribution in [3.05, 3.63) is 33.8 Å². The highest BCUT2D eigenvalue weighted by Gasteiger charge is 2.37. The first kappa shape index (κ1) is 11.6. The lowest BCUT2D eigenvalue weighted by Gasteiger charge is -2.20. The molecule has 0 radical (unpaired) electrons. The van der Waals surface area contributed by atoms with Gasteiger partial charge in [0.1, 0.15) is 0 Å². The van der Waals surface area contributed by atoms with Gasteiger partial charge in [-0.3, -0.25) is 4.79 Å². The fraction of sp³-hybridized carbons (Fsp3) is 0.417. The number of aliphatic hydroxyl groups is 1. The molecule has 0 aromatic heterocycles. The maximum Gasteiger partial charge on any atom is 0.308 e. The van der Waals surface area contributed by atoms with Gasteiger partial charge < -0.3 is 9.84 Å². The van der Waals surface area contributed by atoms with Crippen LogP contribution in [0.5, 0.6) is 0 Å². The average molecular weight is 285 g/mol. The molecule has 3 nitrogen and oxygen atoms in total. The Morgan fingerprint density at radius 1 is 1.50 bits per heavy atom. The van der Waals surface area contributed by atoms with E-state index in [0.717, 1.165) is 15.6 Å². The van der Waals surface area contributed by atoms with Crippen molar-refractivity contribution in [1.82, 2.24) is 0 Å². The Labute approximate surface area is 103 Å². The van der Waals surface area contributed by atoms with Crippen LogP contribution in [-0.4, -0.2) is 23.8 Å². The molecule has 0 fully saturated rings. The smallest absolute Gasteiger partial charge is 0.308 e. The first-order valence-corrected chi connectivity index (χ1v) is 5.88. The maximum absolute atomic E-state index is 11.2. The molecule has 16 heavy (non-hydrogen) atoms. The van der Waals surface area contributed by atoms with E-state index in [2.05, 4.69) is 20.7 Å². The molecule has 2 rings (SSSR count). The van der Waals surface area contributed by atoms with Crippen LogP contribution in [0.2, 0.25) is 0 Å². The molecule has 0 bridgehead atoms. The molecule has 0 saturated heterocycles. The molecular weight excluding hydrogens is 272 g/mol. The predicted molar refractivity (Wildman–Crippen MR) is 63.1 cm³/mol. The number of halogens is 1. The van der Waals surface area contributed by atoms with Gasteiger partial charge in [0.05, 0.1) is 19.1 Å². The first-order chi connectivity index (χ1) is 7.52. The zero-order chi connectivity index (χ0) is 11.8. The molecule has 1 aliphatic rings. The molecular formula is C12H13BrO3. The van der Waals surface area contributed by atoms with Crippen LogP contribution < -0.4 is 0 Å². The third-order valence-electron chi connectivity index (χ3n) is 2.91. The molecule has 4 heteroatoms. The van der Waals surface area contributed by atoms with E-state index in [1.165, 1.54) is 7.11 Å². The second kappa shape index (κ2) is 4.18. The van der Waals surface area contributed by atoms with Crippen molar-refractivity contribution in [3.63, 3.8) is 0 Å². The number of rotatable bonds is 2. The van der Waals surface area contributed by atoms with Gasteiger partial charge in [0.2, 0.25) is 0 Å². The quantitative estimate of drug-likeness (QED) is 0.843. The van der Waals surface area contributed by atoms with E-state index in [9.17, 15) is 9.90 Å². The number of hydrogen-bond acceptors (Lipinski definition) is 3. The number of esters is 1. The Morgan fingerprint density at radius 2 is 2.19 bits per heavy atom. The van der Waals surface area contributed by atoms with Crippen molar-refractivity contribution < 1.29 is 14.6 Å². The zero-order valence-corrected chi connectivity index (χ0v) is 10.6. The Morgan fingerprint density at radius 3 is 2.88 bits per heavy atom. The van der Waals surface area contributed by atoms with Gasteiger partial charge in [-0.05, 0) is 23.3 Å². The van der Waals surface area contributed by atoms with Crippen LogP contribution in [0.1, 0.15) is 17.5 Å². The van der Waals surface area contributed by atoms with Gasteiger partial charge in [-0.1, -0.05) is 22.0 Å². The van der Waals surface area contributed by atoms with Crippen molar-refractivity contribution in [1.29, 1.82) is 0 Å². The van der Waals surface area contributed by atoms with Crippen LogP contribution in [0.25, 0.3) is 0 Å². The standard InChI is InChI=1S/C12H13BrO3/c1-16-11(14)7-12(15)5-8-2-3-10(13)4-9(8)6-12/h2-4,15H,5-7H2,1H3. The Balaban J connectivity index is 2.17. The topological polar surface area (TPSA) is 46.5 Å². The van der Waals surface area contributed by atoms with Gasteiger partial charge in [0.15, 0.2) is 0 Å². The molecule has 0 aliphatic heterocycles. The largest absolute Gasteiger partial charge is 0.469 e. The third-order valence-corrected chi connectivity index (χ3v) is 3.40. The summed E-state index contributed by atoms with van der Waals surface area (Å²) in [5.74, 6) is -0.366. The number of benzene rings is 1. The van der Waals surface area contributed by atoms with Crippen LogP contribution in [0.3, 0.4) is 0 Å². The Kier molecular flexibility index (Phi) is 3.04. The van der Waals surface area contributed by atoms with E-state index < -0.39 is 5.60 Å². The zero-order valence-electron chi connectivity index (χ0n) is 9.00. The predicted octanol–water partition coefficient (Wildman–Crippen LogP) is 1.84. The van der Waals surface area contributed by atoms with Crippen molar-refractivity contribution in [2.45, 2.75) is 24.9 Å². The summed E-state index contributed by atoms with van der Waals surface area (Å²) in [5.41, 5.74) is 1.23. The Bertz CT molecular complexity index is 430. The minimum atomic E-state index is -0.976. The molecule has 0 heterocycles. The molecule has 1 unspecified atom stereocenters. The summed E-state index contributed by atoms with van der Waals surface area (Å²) in [6, 6.07) is 5.92. The van der Waals surface area contributed by atoms with Crippen LogP contribution in [0.15, 0.2) is 22.7 Å². The highest BCUT2D eigenvalue weighted by atomic mass is 79.9. The molecule has 0 saturated carbocycles. The van der Waals surface area contributed by atoms with Crippen LogP contribution in [0.4, 0.5) is 0 Å². The number of carbonyl (C=O) groups excluding carboxylic acids is 1. The molecule has 86 valence electrons. The molecule has 1 N–H and O–H groups in total. The summed E-state index contributed by atoms with van der Waals surface area (Å²) in [5, 5.41) is 10.3. The number of ether oxygens (including phenoxy) is 1. The van der Waals surface area contributed by atoms with Crippen LogP contribution in [0, 0.1) is 0 Å². The SMILES string of the molecule is COC(=O)CC1(O)Cc2ccc(Br)cc2C1. The van der Waals surface area contributed by atoms with E-state index in [1.807, 2.05) is 18.2 Å². The average Bonchev–Trinajstić information content (AvgIpc) is 2.53. The van der Waals surface area contributed by atoms with E-state index in [4.69, 9.17) is 0 Å². The lowest BCUT2D eigenvalue weighted by molar-refractivity contribution is -0.145. The number of hydrogen-bond donors (Lipinski definition) is 1. The molecule has 1 atom stereocenters. The lowest BCUT2D eigenvalue weighted by Crippen LogP contribution is -2.32. The first-order valence-electron chi connectivity index (χ1n) is 5.09. The number of methoxy groups -OCH3 is 1. The minimum Gasteiger partial charge on any atom is -0.469 e. The van der Waals surface area contributed by atoms with Crippen LogP contribution in [-0.2, 0) is 22.4 Å². The molecule has 1 aliphatic carbocycles. The summed E-state index contributed by atoms with van der Waals surface area (Å²) in [6.07, 6.45) is 1.08. The van der Waals surface area contributed by atoms with Gasteiger partial charge in [0, 0.05) is 17.3 Å². The van der Waals surface area contributed by atoms with Crippen molar-refractivity contribution in [2.75, 3.05) is 7.11 Å². The Hall–Kier alpha value is -0.870. The molecule has 0 spiro atoms. The number of carbonyl (C=O) groups is 1. The highest BCUT2D eigenvalue weighted by molar-refractivity contribution is 9.10. The summed E-state index contributed by atoms with van der Waals surface area (Å²) in [7, 11) is 1.34. The van der Waals surface area contributed by atoms with Gasteiger partial charge in [-0.2, -0.15) is 0 Å².